The summed E-state index contributed by atoms with van der Waals surface area (Å²) in [6, 6.07) is 25.2. The van der Waals surface area contributed by atoms with Crippen LogP contribution in [0.3, 0.4) is 0 Å². The maximum Gasteiger partial charge on any atom is 0.224 e. The molecule has 0 radical (unpaired) electrons. The zero-order valence-electron chi connectivity index (χ0n) is 21.9. The van der Waals surface area contributed by atoms with Crippen molar-refractivity contribution in [2.24, 2.45) is 0 Å². The molecule has 0 spiro atoms. The monoisotopic (exact) mass is 491 g/mol. The lowest BCUT2D eigenvalue weighted by molar-refractivity contribution is -0.120. The van der Waals surface area contributed by atoms with Gasteiger partial charge in [-0.05, 0) is 86.3 Å². The van der Waals surface area contributed by atoms with Gasteiger partial charge in [-0.2, -0.15) is 0 Å². The average molecular weight is 492 g/mol. The van der Waals surface area contributed by atoms with Crippen LogP contribution < -0.4 is 10.6 Å². The molecule has 5 rings (SSSR count). The van der Waals surface area contributed by atoms with Crippen molar-refractivity contribution in [1.29, 1.82) is 0 Å². The summed E-state index contributed by atoms with van der Waals surface area (Å²) in [6.45, 7) is 3.83. The molecule has 190 valence electrons. The third-order valence-electron chi connectivity index (χ3n) is 7.32. The molecule has 0 unspecified atom stereocenters. The molecule has 0 aliphatic heterocycles. The van der Waals surface area contributed by atoms with Crippen LogP contribution in [0.1, 0.15) is 54.5 Å². The Bertz CT molecular complexity index is 1350. The molecule has 0 bridgehead atoms. The van der Waals surface area contributed by atoms with Crippen LogP contribution >= 0.6 is 0 Å². The number of anilines is 1. The van der Waals surface area contributed by atoms with Gasteiger partial charge >= 0.3 is 0 Å². The number of amides is 1. The van der Waals surface area contributed by atoms with Crippen LogP contribution in [0.2, 0.25) is 0 Å². The summed E-state index contributed by atoms with van der Waals surface area (Å²) in [6.07, 6.45) is 8.29. The Balaban J connectivity index is 1.05. The third-order valence-corrected chi connectivity index (χ3v) is 7.32. The molecule has 4 heteroatoms. The van der Waals surface area contributed by atoms with Crippen LogP contribution in [0.15, 0.2) is 72.8 Å². The molecule has 1 amide bonds. The zero-order valence-corrected chi connectivity index (χ0v) is 21.9. The highest BCUT2D eigenvalue weighted by molar-refractivity contribution is 5.94. The number of benzene rings is 3. The molecule has 1 aliphatic rings. The molecule has 1 aliphatic carbocycles. The van der Waals surface area contributed by atoms with Crippen molar-refractivity contribution >= 4 is 22.5 Å². The predicted octanol–water partition coefficient (Wildman–Crippen LogP) is 7.03. The lowest BCUT2D eigenvalue weighted by Gasteiger charge is -2.22. The summed E-state index contributed by atoms with van der Waals surface area (Å²) < 4.78 is 0. The van der Waals surface area contributed by atoms with Crippen LogP contribution in [0.5, 0.6) is 0 Å². The van der Waals surface area contributed by atoms with Crippen molar-refractivity contribution in [3.8, 4) is 11.1 Å². The van der Waals surface area contributed by atoms with Gasteiger partial charge in [0.2, 0.25) is 5.91 Å². The first-order valence-corrected chi connectivity index (χ1v) is 13.7. The summed E-state index contributed by atoms with van der Waals surface area (Å²) in [5.41, 5.74) is 9.80. The number of nitrogens with one attached hydrogen (secondary N) is 2. The fraction of sp³-hybridized carbons (Fsp3) is 0.333. The molecular formula is C33H37N3O. The number of carbonyl (C=O) groups is 1. The number of pyridine rings is 1. The summed E-state index contributed by atoms with van der Waals surface area (Å²) >= 11 is 0. The van der Waals surface area contributed by atoms with Crippen molar-refractivity contribution < 1.29 is 4.79 Å². The highest BCUT2D eigenvalue weighted by atomic mass is 16.1. The fourth-order valence-corrected chi connectivity index (χ4v) is 5.30. The molecule has 4 aromatic rings. The molecule has 4 nitrogen and oxygen atoms in total. The van der Waals surface area contributed by atoms with Crippen molar-refractivity contribution in [3.63, 3.8) is 0 Å². The van der Waals surface area contributed by atoms with Crippen LogP contribution in [0.25, 0.3) is 22.0 Å². The quantitative estimate of drug-likeness (QED) is 0.234. The second kappa shape index (κ2) is 12.1. The molecule has 3 aromatic carbocycles. The standard InChI is InChI=1S/C33H37N3O/c1-24-14-19-31-29(22-24)33(28-12-6-7-13-30(28)36-31)35-21-9-3-8-20-34-32(37)23-25-15-17-27(18-16-25)26-10-4-2-5-11-26/h2,4-5,10-11,14-19,22H,3,6-9,12-13,20-21,23H2,1H3,(H,34,37)(H,35,36). The molecular weight excluding hydrogens is 454 g/mol. The average Bonchev–Trinajstić information content (AvgIpc) is 2.93. The van der Waals surface area contributed by atoms with E-state index in [4.69, 9.17) is 4.98 Å². The summed E-state index contributed by atoms with van der Waals surface area (Å²) in [4.78, 5) is 17.4. The number of fused-ring (bicyclic) bond motifs is 2. The van der Waals surface area contributed by atoms with E-state index < -0.39 is 0 Å². The molecule has 37 heavy (non-hydrogen) atoms. The normalized spacial score (nSPS) is 12.8. The molecule has 0 fully saturated rings. The van der Waals surface area contributed by atoms with Crippen LogP contribution in [0, 0.1) is 6.92 Å². The van der Waals surface area contributed by atoms with Gasteiger partial charge in [0.05, 0.1) is 11.9 Å². The fourth-order valence-electron chi connectivity index (χ4n) is 5.30. The first-order valence-electron chi connectivity index (χ1n) is 13.7. The lowest BCUT2D eigenvalue weighted by Crippen LogP contribution is -2.26. The van der Waals surface area contributed by atoms with E-state index in [-0.39, 0.29) is 5.91 Å². The second-order valence-electron chi connectivity index (χ2n) is 10.2. The van der Waals surface area contributed by atoms with Crippen molar-refractivity contribution in [2.45, 2.75) is 58.3 Å². The van der Waals surface area contributed by atoms with E-state index in [2.05, 4.69) is 72.2 Å². The minimum absolute atomic E-state index is 0.0934. The Hall–Kier alpha value is -3.66. The minimum atomic E-state index is 0.0934. The maximum absolute atomic E-state index is 12.4. The van der Waals surface area contributed by atoms with E-state index in [0.717, 1.165) is 56.3 Å². The smallest absolute Gasteiger partial charge is 0.224 e. The van der Waals surface area contributed by atoms with Gasteiger partial charge in [-0.15, -0.1) is 0 Å². The Morgan fingerprint density at radius 1 is 0.838 bits per heavy atom. The highest BCUT2D eigenvalue weighted by Crippen LogP contribution is 2.33. The number of unbranched alkanes of at least 4 members (excludes halogenated alkanes) is 2. The van der Waals surface area contributed by atoms with Gasteiger partial charge in [0.25, 0.3) is 0 Å². The Morgan fingerprint density at radius 2 is 1.59 bits per heavy atom. The van der Waals surface area contributed by atoms with E-state index in [0.29, 0.717) is 6.42 Å². The van der Waals surface area contributed by atoms with Crippen molar-refractivity contribution in [1.82, 2.24) is 10.3 Å². The Kier molecular flexibility index (Phi) is 8.15. The molecule has 1 aromatic heterocycles. The number of hydrogen-bond acceptors (Lipinski definition) is 3. The van der Waals surface area contributed by atoms with Gasteiger partial charge in [-0.25, -0.2) is 0 Å². The van der Waals surface area contributed by atoms with Gasteiger partial charge < -0.3 is 10.6 Å². The Morgan fingerprint density at radius 3 is 2.43 bits per heavy atom. The topological polar surface area (TPSA) is 54.0 Å². The first kappa shape index (κ1) is 25.0. The number of rotatable bonds is 10. The van der Waals surface area contributed by atoms with Gasteiger partial charge in [0.15, 0.2) is 0 Å². The lowest BCUT2D eigenvalue weighted by atomic mass is 9.92. The molecule has 0 atom stereocenters. The number of aryl methyl sites for hydroxylation is 2. The van der Waals surface area contributed by atoms with Crippen LogP contribution in [-0.4, -0.2) is 24.0 Å². The van der Waals surface area contributed by atoms with Gasteiger partial charge in [-0.3, -0.25) is 9.78 Å². The summed E-state index contributed by atoms with van der Waals surface area (Å²) in [7, 11) is 0. The summed E-state index contributed by atoms with van der Waals surface area (Å²) in [5, 5.41) is 8.11. The van der Waals surface area contributed by atoms with Gasteiger partial charge in [0, 0.05) is 29.9 Å². The van der Waals surface area contributed by atoms with E-state index in [9.17, 15) is 4.79 Å². The third kappa shape index (κ3) is 6.37. The molecule has 1 heterocycles. The van der Waals surface area contributed by atoms with E-state index in [1.54, 1.807) is 0 Å². The zero-order chi connectivity index (χ0) is 25.5. The van der Waals surface area contributed by atoms with Crippen LogP contribution in [-0.2, 0) is 24.1 Å². The predicted molar refractivity (Wildman–Crippen MR) is 154 cm³/mol. The first-order chi connectivity index (χ1) is 18.2. The van der Waals surface area contributed by atoms with Crippen molar-refractivity contribution in [3.05, 3.63) is 95.2 Å². The van der Waals surface area contributed by atoms with E-state index >= 15 is 0 Å². The molecule has 0 saturated carbocycles. The second-order valence-corrected chi connectivity index (χ2v) is 10.2. The number of hydrogen-bond donors (Lipinski definition) is 2. The number of aromatic nitrogens is 1. The number of nitrogens with zero attached hydrogens (tertiary/aromatic N) is 1. The van der Waals surface area contributed by atoms with E-state index in [1.165, 1.54) is 51.9 Å². The summed E-state index contributed by atoms with van der Waals surface area (Å²) in [5.74, 6) is 0.0934. The van der Waals surface area contributed by atoms with Gasteiger partial charge in [-0.1, -0.05) is 66.2 Å². The highest BCUT2D eigenvalue weighted by Gasteiger charge is 2.18. The van der Waals surface area contributed by atoms with Gasteiger partial charge in [0.1, 0.15) is 0 Å². The minimum Gasteiger partial charge on any atom is -0.384 e. The number of carbonyl (C=O) groups excluding carboxylic acids is 1. The van der Waals surface area contributed by atoms with E-state index in [1.807, 2.05) is 18.2 Å². The largest absolute Gasteiger partial charge is 0.384 e. The SMILES string of the molecule is Cc1ccc2nc3c(c(NCCCCCNC(=O)Cc4ccc(-c5ccccc5)cc4)c2c1)CCCC3. The molecule has 0 saturated heterocycles. The van der Waals surface area contributed by atoms with Crippen LogP contribution in [0.4, 0.5) is 5.69 Å². The molecule has 2 N–H and O–H groups in total. The van der Waals surface area contributed by atoms with Crippen molar-refractivity contribution in [2.75, 3.05) is 18.4 Å². The maximum atomic E-state index is 12.4. The Labute approximate surface area is 220 Å².